The van der Waals surface area contributed by atoms with Crippen molar-refractivity contribution in [1.82, 2.24) is 4.72 Å². The standard InChI is InChI=1S/C17H20N2O5S/c1-2-23-14-5-7-15(8-6-14)24-12-17(20)19-25(21,22)16-9-3-13(11-18)4-10-16/h3-10H,2,11-12,18H2,1H3,(H,19,20). The minimum absolute atomic E-state index is 0.0147. The fourth-order valence-corrected chi connectivity index (χ4v) is 2.96. The molecule has 2 aromatic rings. The molecule has 0 atom stereocenters. The van der Waals surface area contributed by atoms with Crippen LogP contribution >= 0.6 is 0 Å². The number of sulfonamides is 1. The molecule has 0 aliphatic rings. The van der Waals surface area contributed by atoms with Crippen LogP contribution in [0.1, 0.15) is 12.5 Å². The molecular formula is C17H20N2O5S. The molecule has 8 heteroatoms. The van der Waals surface area contributed by atoms with Crippen LogP contribution in [0, 0.1) is 0 Å². The molecule has 7 nitrogen and oxygen atoms in total. The van der Waals surface area contributed by atoms with Crippen molar-refractivity contribution in [3.63, 3.8) is 0 Å². The van der Waals surface area contributed by atoms with Crippen LogP contribution in [0.4, 0.5) is 0 Å². The first-order chi connectivity index (χ1) is 11.9. The molecule has 0 spiro atoms. The second kappa shape index (κ2) is 8.50. The van der Waals surface area contributed by atoms with Gasteiger partial charge in [0.2, 0.25) is 0 Å². The number of nitrogens with one attached hydrogen (secondary N) is 1. The van der Waals surface area contributed by atoms with E-state index in [-0.39, 0.29) is 4.90 Å². The van der Waals surface area contributed by atoms with E-state index in [4.69, 9.17) is 15.2 Å². The molecule has 0 unspecified atom stereocenters. The summed E-state index contributed by atoms with van der Waals surface area (Å²) in [5, 5.41) is 0. The highest BCUT2D eigenvalue weighted by Gasteiger charge is 2.17. The van der Waals surface area contributed by atoms with Crippen molar-refractivity contribution in [2.45, 2.75) is 18.4 Å². The number of carbonyl (C=O) groups excluding carboxylic acids is 1. The summed E-state index contributed by atoms with van der Waals surface area (Å²) in [6.45, 7) is 2.31. The maximum atomic E-state index is 12.1. The van der Waals surface area contributed by atoms with E-state index in [1.165, 1.54) is 12.1 Å². The van der Waals surface area contributed by atoms with Gasteiger partial charge < -0.3 is 15.2 Å². The van der Waals surface area contributed by atoms with E-state index in [1.807, 2.05) is 11.6 Å². The summed E-state index contributed by atoms with van der Waals surface area (Å²) in [6, 6.07) is 12.6. The highest BCUT2D eigenvalue weighted by atomic mass is 32.2. The van der Waals surface area contributed by atoms with Crippen molar-refractivity contribution in [2.24, 2.45) is 5.73 Å². The second-order valence-electron chi connectivity index (χ2n) is 5.07. The average molecular weight is 364 g/mol. The molecule has 0 saturated carbocycles. The third-order valence-electron chi connectivity index (χ3n) is 3.22. The maximum Gasteiger partial charge on any atom is 0.271 e. The molecule has 0 saturated heterocycles. The number of nitrogens with two attached hydrogens (primary N) is 1. The molecule has 0 aliphatic heterocycles. The highest BCUT2D eigenvalue weighted by molar-refractivity contribution is 7.90. The van der Waals surface area contributed by atoms with Crippen molar-refractivity contribution in [3.05, 3.63) is 54.1 Å². The fraction of sp³-hybridized carbons (Fsp3) is 0.235. The van der Waals surface area contributed by atoms with Crippen molar-refractivity contribution >= 4 is 15.9 Å². The number of hydrogen-bond acceptors (Lipinski definition) is 6. The van der Waals surface area contributed by atoms with Gasteiger partial charge >= 0.3 is 0 Å². The average Bonchev–Trinajstić information content (AvgIpc) is 2.61. The molecule has 0 heterocycles. The molecule has 1 amide bonds. The summed E-state index contributed by atoms with van der Waals surface area (Å²) in [7, 11) is -3.94. The van der Waals surface area contributed by atoms with E-state index >= 15 is 0 Å². The molecule has 0 aromatic heterocycles. The van der Waals surface area contributed by atoms with E-state index < -0.39 is 22.5 Å². The molecule has 0 fully saturated rings. The molecule has 0 radical (unpaired) electrons. The molecule has 2 rings (SSSR count). The number of ether oxygens (including phenoxy) is 2. The summed E-state index contributed by atoms with van der Waals surface area (Å²) >= 11 is 0. The predicted molar refractivity (Wildman–Crippen MR) is 92.8 cm³/mol. The van der Waals surface area contributed by atoms with Gasteiger partial charge in [0.1, 0.15) is 11.5 Å². The summed E-state index contributed by atoms with van der Waals surface area (Å²) < 4.78 is 36.8. The van der Waals surface area contributed by atoms with Crippen LogP contribution in [0.3, 0.4) is 0 Å². The van der Waals surface area contributed by atoms with Crippen molar-refractivity contribution < 1.29 is 22.7 Å². The van der Waals surface area contributed by atoms with Crippen LogP contribution in [-0.2, 0) is 21.4 Å². The van der Waals surface area contributed by atoms with Gasteiger partial charge in [-0.2, -0.15) is 0 Å². The lowest BCUT2D eigenvalue weighted by molar-refractivity contribution is -0.121. The van der Waals surface area contributed by atoms with Gasteiger partial charge in [0, 0.05) is 6.54 Å². The first kappa shape index (κ1) is 18.8. The van der Waals surface area contributed by atoms with Crippen molar-refractivity contribution in [3.8, 4) is 11.5 Å². The van der Waals surface area contributed by atoms with Gasteiger partial charge in [0.05, 0.1) is 11.5 Å². The van der Waals surface area contributed by atoms with E-state index in [1.54, 1.807) is 36.4 Å². The Morgan fingerprint density at radius 2 is 1.56 bits per heavy atom. The van der Waals surface area contributed by atoms with E-state index in [0.29, 0.717) is 24.7 Å². The Kier molecular flexibility index (Phi) is 6.37. The third kappa shape index (κ3) is 5.47. The number of hydrogen-bond donors (Lipinski definition) is 2. The highest BCUT2D eigenvalue weighted by Crippen LogP contribution is 2.17. The molecule has 25 heavy (non-hydrogen) atoms. The van der Waals surface area contributed by atoms with Gasteiger partial charge in [0.15, 0.2) is 6.61 Å². The molecule has 3 N–H and O–H groups in total. The predicted octanol–water partition coefficient (Wildman–Crippen LogP) is 1.43. The first-order valence-corrected chi connectivity index (χ1v) is 9.13. The number of rotatable bonds is 8. The minimum Gasteiger partial charge on any atom is -0.494 e. The van der Waals surface area contributed by atoms with Gasteiger partial charge in [0.25, 0.3) is 15.9 Å². The monoisotopic (exact) mass is 364 g/mol. The molecule has 2 aromatic carbocycles. The zero-order valence-electron chi connectivity index (χ0n) is 13.8. The Balaban J connectivity index is 1.92. The van der Waals surface area contributed by atoms with Crippen LogP contribution < -0.4 is 19.9 Å². The SMILES string of the molecule is CCOc1ccc(OCC(=O)NS(=O)(=O)c2ccc(CN)cc2)cc1. The fourth-order valence-electron chi connectivity index (χ4n) is 1.99. The largest absolute Gasteiger partial charge is 0.494 e. The van der Waals surface area contributed by atoms with Gasteiger partial charge in [-0.15, -0.1) is 0 Å². The summed E-state index contributed by atoms with van der Waals surface area (Å²) in [6.07, 6.45) is 0. The van der Waals surface area contributed by atoms with Crippen LogP contribution in [0.25, 0.3) is 0 Å². The number of carbonyl (C=O) groups is 1. The smallest absolute Gasteiger partial charge is 0.271 e. The van der Waals surface area contributed by atoms with E-state index in [2.05, 4.69) is 0 Å². The Hall–Kier alpha value is -2.58. The van der Waals surface area contributed by atoms with Crippen LogP contribution in [0.2, 0.25) is 0 Å². The lowest BCUT2D eigenvalue weighted by atomic mass is 10.2. The molecule has 134 valence electrons. The van der Waals surface area contributed by atoms with Crippen molar-refractivity contribution in [2.75, 3.05) is 13.2 Å². The minimum atomic E-state index is -3.94. The summed E-state index contributed by atoms with van der Waals surface area (Å²) in [4.78, 5) is 11.8. The Morgan fingerprint density at radius 3 is 2.08 bits per heavy atom. The van der Waals surface area contributed by atoms with Crippen LogP contribution in [0.5, 0.6) is 11.5 Å². The number of benzene rings is 2. The van der Waals surface area contributed by atoms with E-state index in [0.717, 1.165) is 5.56 Å². The van der Waals surface area contributed by atoms with E-state index in [9.17, 15) is 13.2 Å². The maximum absolute atomic E-state index is 12.1. The first-order valence-electron chi connectivity index (χ1n) is 7.65. The second-order valence-corrected chi connectivity index (χ2v) is 6.75. The van der Waals surface area contributed by atoms with Crippen molar-refractivity contribution in [1.29, 1.82) is 0 Å². The van der Waals surface area contributed by atoms with Gasteiger partial charge in [-0.25, -0.2) is 13.1 Å². The zero-order chi connectivity index (χ0) is 18.3. The Labute approximate surface area is 146 Å². The zero-order valence-corrected chi connectivity index (χ0v) is 14.6. The molecule has 0 bridgehead atoms. The lowest BCUT2D eigenvalue weighted by Gasteiger charge is -2.09. The quantitative estimate of drug-likeness (QED) is 0.734. The normalized spacial score (nSPS) is 11.0. The van der Waals surface area contributed by atoms with Crippen LogP contribution in [0.15, 0.2) is 53.4 Å². The third-order valence-corrected chi connectivity index (χ3v) is 4.61. The lowest BCUT2D eigenvalue weighted by Crippen LogP contribution is -2.34. The van der Waals surface area contributed by atoms with Gasteiger partial charge in [-0.1, -0.05) is 12.1 Å². The number of amides is 1. The Morgan fingerprint density at radius 1 is 1.00 bits per heavy atom. The molecule has 0 aliphatic carbocycles. The molecular weight excluding hydrogens is 344 g/mol. The van der Waals surface area contributed by atoms with Crippen LogP contribution in [-0.4, -0.2) is 27.5 Å². The topological polar surface area (TPSA) is 108 Å². The Bertz CT molecular complexity index is 802. The van der Waals surface area contributed by atoms with Gasteiger partial charge in [-0.3, -0.25) is 4.79 Å². The summed E-state index contributed by atoms with van der Waals surface area (Å²) in [5.74, 6) is 0.350. The van der Waals surface area contributed by atoms with Gasteiger partial charge in [-0.05, 0) is 48.9 Å². The summed E-state index contributed by atoms with van der Waals surface area (Å²) in [5.41, 5.74) is 6.26.